The lowest BCUT2D eigenvalue weighted by atomic mass is 9.91. The van der Waals surface area contributed by atoms with Crippen LogP contribution in [0.25, 0.3) is 0 Å². The molecule has 0 spiro atoms. The zero-order valence-electron chi connectivity index (χ0n) is 25.0. The second-order valence-corrected chi connectivity index (χ2v) is 12.0. The first-order valence-electron chi connectivity index (χ1n) is 14.8. The number of hydrogen-bond acceptors (Lipinski definition) is 7. The number of carbonyl (C=O) groups is 3. The van der Waals surface area contributed by atoms with Crippen LogP contribution in [0.3, 0.4) is 0 Å². The van der Waals surface area contributed by atoms with Crippen LogP contribution < -0.4 is 10.6 Å². The van der Waals surface area contributed by atoms with E-state index in [4.69, 9.17) is 9.47 Å². The molecular formula is C34H40N2O7S. The number of carboxylic acids is 1. The Morgan fingerprint density at radius 1 is 0.886 bits per heavy atom. The molecule has 2 amide bonds. The average molecular weight is 621 g/mol. The minimum Gasteiger partial charge on any atom is -0.478 e. The molecule has 0 radical (unpaired) electrons. The minimum atomic E-state index is -0.970. The van der Waals surface area contributed by atoms with E-state index in [9.17, 15) is 24.6 Å². The van der Waals surface area contributed by atoms with Crippen LogP contribution in [-0.4, -0.2) is 46.4 Å². The third kappa shape index (κ3) is 9.40. The lowest BCUT2D eigenvalue weighted by Gasteiger charge is -2.41. The number of hydrogen-bond donors (Lipinski definition) is 4. The number of unbranched alkanes of at least 4 members (excludes halogenated alkanes) is 2. The van der Waals surface area contributed by atoms with Crippen LogP contribution in [0.15, 0.2) is 77.7 Å². The van der Waals surface area contributed by atoms with Crippen molar-refractivity contribution in [3.63, 3.8) is 0 Å². The Hall–Kier alpha value is -3.70. The van der Waals surface area contributed by atoms with E-state index in [2.05, 4.69) is 17.6 Å². The SMILES string of the molecule is CC(=O)NCCCCCC(=O)Nc1ccc([C@@H]2O[C@H](CSc3ccccc3C(=O)O)[C@H](C)[C@H](c3ccc(CO)cc3)O2)cc1. The van der Waals surface area contributed by atoms with Gasteiger partial charge in [0.15, 0.2) is 6.29 Å². The zero-order chi connectivity index (χ0) is 31.5. The van der Waals surface area contributed by atoms with E-state index in [1.807, 2.05) is 54.6 Å². The molecule has 3 aromatic rings. The number of amides is 2. The predicted molar refractivity (Wildman–Crippen MR) is 169 cm³/mol. The molecule has 4 atom stereocenters. The first-order chi connectivity index (χ1) is 21.2. The first kappa shape index (κ1) is 33.2. The normalized spacial score (nSPS) is 19.7. The van der Waals surface area contributed by atoms with Crippen LogP contribution in [0, 0.1) is 5.92 Å². The van der Waals surface area contributed by atoms with Crippen molar-refractivity contribution in [1.29, 1.82) is 0 Å². The summed E-state index contributed by atoms with van der Waals surface area (Å²) >= 11 is 1.45. The van der Waals surface area contributed by atoms with E-state index in [0.29, 0.717) is 29.3 Å². The molecule has 1 heterocycles. The second-order valence-electron chi connectivity index (χ2n) is 10.9. The molecule has 3 aromatic carbocycles. The maximum Gasteiger partial charge on any atom is 0.336 e. The molecule has 10 heteroatoms. The third-order valence-corrected chi connectivity index (χ3v) is 8.73. The van der Waals surface area contributed by atoms with Gasteiger partial charge in [-0.25, -0.2) is 4.79 Å². The van der Waals surface area contributed by atoms with E-state index in [1.54, 1.807) is 18.2 Å². The third-order valence-electron chi connectivity index (χ3n) is 7.57. The molecule has 1 saturated heterocycles. The summed E-state index contributed by atoms with van der Waals surface area (Å²) in [7, 11) is 0. The standard InChI is InChI=1S/C34H40N2O7S/c1-22-29(21-44-30-9-6-5-8-28(30)33(40)41)42-34(43-32(22)25-13-11-24(20-37)12-14-25)26-15-17-27(18-16-26)36-31(39)10-4-3-7-19-35-23(2)38/h5-6,8-9,11-18,22,29,32,34,37H,3-4,7,10,19-21H2,1-2H3,(H,35,38)(H,36,39)(H,40,41)/t22-,29+,32+,34+/m0/s1. The Morgan fingerprint density at radius 2 is 1.59 bits per heavy atom. The highest BCUT2D eigenvalue weighted by Crippen LogP contribution is 2.43. The number of thioether (sulfide) groups is 1. The van der Waals surface area contributed by atoms with E-state index in [1.165, 1.54) is 18.7 Å². The van der Waals surface area contributed by atoms with E-state index < -0.39 is 12.3 Å². The summed E-state index contributed by atoms with van der Waals surface area (Å²) in [5.74, 6) is -0.611. The maximum atomic E-state index is 12.4. The Kier molecular flexibility index (Phi) is 12.4. The topological polar surface area (TPSA) is 134 Å². The molecule has 4 N–H and O–H groups in total. The largest absolute Gasteiger partial charge is 0.478 e. The number of carboxylic acid groups (broad SMARTS) is 1. The van der Waals surface area contributed by atoms with Crippen molar-refractivity contribution in [2.24, 2.45) is 5.92 Å². The van der Waals surface area contributed by atoms with Gasteiger partial charge in [-0.1, -0.05) is 61.9 Å². The molecule has 0 bridgehead atoms. The van der Waals surface area contributed by atoms with Gasteiger partial charge in [-0.3, -0.25) is 9.59 Å². The number of aliphatic hydroxyl groups excluding tert-OH is 1. The van der Waals surface area contributed by atoms with Crippen LogP contribution in [0.5, 0.6) is 0 Å². The van der Waals surface area contributed by atoms with Gasteiger partial charge in [-0.2, -0.15) is 0 Å². The fourth-order valence-electron chi connectivity index (χ4n) is 5.05. The number of ether oxygens (including phenoxy) is 2. The zero-order valence-corrected chi connectivity index (χ0v) is 25.8. The van der Waals surface area contributed by atoms with Gasteiger partial charge < -0.3 is 30.3 Å². The number of anilines is 1. The number of aliphatic hydroxyl groups is 1. The van der Waals surface area contributed by atoms with E-state index >= 15 is 0 Å². The van der Waals surface area contributed by atoms with Gasteiger partial charge in [0.1, 0.15) is 0 Å². The molecule has 1 aliphatic heterocycles. The number of benzene rings is 3. The predicted octanol–water partition coefficient (Wildman–Crippen LogP) is 6.10. The first-order valence-corrected chi connectivity index (χ1v) is 15.8. The molecule has 0 aromatic heterocycles. The van der Waals surface area contributed by atoms with Gasteiger partial charge in [0.2, 0.25) is 11.8 Å². The molecule has 0 aliphatic carbocycles. The maximum absolute atomic E-state index is 12.4. The Balaban J connectivity index is 1.43. The number of carbonyl (C=O) groups excluding carboxylic acids is 2. The van der Waals surface area contributed by atoms with Gasteiger partial charge in [0.25, 0.3) is 0 Å². The average Bonchev–Trinajstić information content (AvgIpc) is 3.02. The summed E-state index contributed by atoms with van der Waals surface area (Å²) in [4.78, 5) is 35.8. The molecule has 0 unspecified atom stereocenters. The summed E-state index contributed by atoms with van der Waals surface area (Å²) in [6, 6.07) is 22.0. The highest BCUT2D eigenvalue weighted by molar-refractivity contribution is 7.99. The van der Waals surface area contributed by atoms with E-state index in [0.717, 1.165) is 36.0 Å². The van der Waals surface area contributed by atoms with E-state index in [-0.39, 0.29) is 42.1 Å². The van der Waals surface area contributed by atoms with Gasteiger partial charge in [0, 0.05) is 47.7 Å². The molecule has 234 valence electrons. The molecule has 9 nitrogen and oxygen atoms in total. The molecular weight excluding hydrogens is 580 g/mol. The summed E-state index contributed by atoms with van der Waals surface area (Å²) in [6.07, 6.45) is 1.59. The van der Waals surface area contributed by atoms with Crippen molar-refractivity contribution in [2.75, 3.05) is 17.6 Å². The van der Waals surface area contributed by atoms with Gasteiger partial charge in [0.05, 0.1) is 24.4 Å². The number of nitrogens with one attached hydrogen (secondary N) is 2. The monoisotopic (exact) mass is 620 g/mol. The van der Waals surface area contributed by atoms with Crippen molar-refractivity contribution < 1.29 is 34.1 Å². The molecule has 0 saturated carbocycles. The quantitative estimate of drug-likeness (QED) is 0.126. The van der Waals surface area contributed by atoms with Crippen LogP contribution in [0.2, 0.25) is 0 Å². The molecule has 4 rings (SSSR count). The van der Waals surface area contributed by atoms with Crippen LogP contribution in [0.1, 0.15) is 79.0 Å². The summed E-state index contributed by atoms with van der Waals surface area (Å²) in [5.41, 5.74) is 3.50. The highest BCUT2D eigenvalue weighted by atomic mass is 32.2. The van der Waals surface area contributed by atoms with Crippen molar-refractivity contribution in [3.8, 4) is 0 Å². The van der Waals surface area contributed by atoms with Gasteiger partial charge >= 0.3 is 5.97 Å². The van der Waals surface area contributed by atoms with Crippen LogP contribution in [-0.2, 0) is 25.7 Å². The number of aromatic carboxylic acids is 1. The highest BCUT2D eigenvalue weighted by Gasteiger charge is 2.38. The molecule has 44 heavy (non-hydrogen) atoms. The lowest BCUT2D eigenvalue weighted by Crippen LogP contribution is -2.38. The Bertz CT molecular complexity index is 1400. The summed E-state index contributed by atoms with van der Waals surface area (Å²) < 4.78 is 13.0. The van der Waals surface area contributed by atoms with Crippen molar-refractivity contribution >= 4 is 35.2 Å². The van der Waals surface area contributed by atoms with Crippen molar-refractivity contribution in [2.45, 2.75) is 69.5 Å². The van der Waals surface area contributed by atoms with Crippen molar-refractivity contribution in [3.05, 3.63) is 95.1 Å². The minimum absolute atomic E-state index is 0.0448. The molecule has 1 aliphatic rings. The number of rotatable bonds is 14. The second kappa shape index (κ2) is 16.4. The van der Waals surface area contributed by atoms with Gasteiger partial charge in [-0.15, -0.1) is 11.8 Å². The van der Waals surface area contributed by atoms with Gasteiger partial charge in [-0.05, 0) is 48.2 Å². The van der Waals surface area contributed by atoms with Crippen LogP contribution in [0.4, 0.5) is 5.69 Å². The summed E-state index contributed by atoms with van der Waals surface area (Å²) in [5, 5.41) is 24.8. The van der Waals surface area contributed by atoms with Crippen molar-refractivity contribution in [1.82, 2.24) is 5.32 Å². The molecule has 1 fully saturated rings. The fourth-order valence-corrected chi connectivity index (χ4v) is 6.26. The Morgan fingerprint density at radius 3 is 2.27 bits per heavy atom. The van der Waals surface area contributed by atoms with Crippen LogP contribution >= 0.6 is 11.8 Å². The fraction of sp³-hybridized carbons (Fsp3) is 0.382. The lowest BCUT2D eigenvalue weighted by molar-refractivity contribution is -0.268. The summed E-state index contributed by atoms with van der Waals surface area (Å²) in [6.45, 7) is 4.13. The Labute approximate surface area is 262 Å². The smallest absolute Gasteiger partial charge is 0.336 e.